The Labute approximate surface area is 283 Å². The van der Waals surface area contributed by atoms with Crippen molar-refractivity contribution in [3.8, 4) is 0 Å². The maximum atomic E-state index is 16.0. The molecule has 3 aliphatic rings. The Balaban J connectivity index is 1.56. The lowest BCUT2D eigenvalue weighted by atomic mass is 9.59. The van der Waals surface area contributed by atoms with Gasteiger partial charge in [0.15, 0.2) is 5.78 Å². The van der Waals surface area contributed by atoms with E-state index in [1.54, 1.807) is 12.1 Å². The number of rotatable bonds is 5. The van der Waals surface area contributed by atoms with E-state index in [0.717, 1.165) is 33.4 Å². The third kappa shape index (κ3) is 3.86. The summed E-state index contributed by atoms with van der Waals surface area (Å²) in [5.41, 5.74) is 4.00. The van der Waals surface area contributed by atoms with Gasteiger partial charge in [-0.2, -0.15) is 0 Å². The average Bonchev–Trinajstić information content (AvgIpc) is 3.58. The van der Waals surface area contributed by atoms with Crippen molar-refractivity contribution in [2.45, 2.75) is 24.7 Å². The van der Waals surface area contributed by atoms with E-state index in [-0.39, 0.29) is 16.5 Å². The Morgan fingerprint density at radius 1 is 0.553 bits per heavy atom. The predicted octanol–water partition coefficient (Wildman–Crippen LogP) is 8.80. The van der Waals surface area contributed by atoms with E-state index in [4.69, 9.17) is 23.2 Å². The van der Waals surface area contributed by atoms with Crippen LogP contribution in [0.2, 0.25) is 10.0 Å². The van der Waals surface area contributed by atoms with Crippen LogP contribution < -0.4 is 4.90 Å². The molecule has 8 rings (SSSR count). The molecule has 2 amide bonds. The predicted molar refractivity (Wildman–Crippen MR) is 186 cm³/mol. The third-order valence-electron chi connectivity index (χ3n) is 10.3. The number of amides is 2. The number of ketones is 1. The first-order chi connectivity index (χ1) is 22.7. The molecular formula is C41H29Cl2NO3. The molecule has 230 valence electrons. The number of hydrogen-bond acceptors (Lipinski definition) is 3. The van der Waals surface area contributed by atoms with Crippen molar-refractivity contribution in [1.82, 2.24) is 0 Å². The Morgan fingerprint density at radius 3 is 1.38 bits per heavy atom. The van der Waals surface area contributed by atoms with Gasteiger partial charge >= 0.3 is 0 Å². The molecule has 0 spiro atoms. The minimum Gasteiger partial charge on any atom is -0.297 e. The van der Waals surface area contributed by atoms with E-state index in [0.29, 0.717) is 16.1 Å². The number of fused-ring (bicyclic) bond motifs is 5. The fourth-order valence-electron chi connectivity index (χ4n) is 8.46. The van der Waals surface area contributed by atoms with Gasteiger partial charge in [-0.25, -0.2) is 4.90 Å². The summed E-state index contributed by atoms with van der Waals surface area (Å²) in [5, 5.41) is 0.575. The highest BCUT2D eigenvalue weighted by Crippen LogP contribution is 2.74. The molecule has 4 atom stereocenters. The van der Waals surface area contributed by atoms with E-state index in [1.165, 1.54) is 11.0 Å². The minimum atomic E-state index is -1.47. The first kappa shape index (κ1) is 29.6. The van der Waals surface area contributed by atoms with Crippen LogP contribution in [0.1, 0.15) is 33.4 Å². The van der Waals surface area contributed by atoms with Crippen molar-refractivity contribution < 1.29 is 14.4 Å². The topological polar surface area (TPSA) is 54.5 Å². The first-order valence-corrected chi connectivity index (χ1v) is 16.4. The average molecular weight is 655 g/mol. The van der Waals surface area contributed by atoms with Crippen LogP contribution >= 0.6 is 23.2 Å². The smallest absolute Gasteiger partial charge is 0.239 e. The summed E-state index contributed by atoms with van der Waals surface area (Å²) >= 11 is 12.9. The molecular weight excluding hydrogens is 625 g/mol. The van der Waals surface area contributed by atoms with Gasteiger partial charge in [-0.05, 0) is 65.4 Å². The SMILES string of the molecule is Cc1ccc(C2=C(c3ccc(C)cc3)[C@@]3(c4ccccc4)C(=O)[C@@]2(c2ccccc2)[C@@H]2C(=O)N(c4ccc(Cl)cc4Cl)C(=O)[C@H]23)cc1. The van der Waals surface area contributed by atoms with E-state index >= 15 is 14.4 Å². The maximum Gasteiger partial charge on any atom is 0.239 e. The quantitative estimate of drug-likeness (QED) is 0.178. The Morgan fingerprint density at radius 2 is 0.979 bits per heavy atom. The molecule has 1 aliphatic heterocycles. The second-order valence-corrected chi connectivity index (χ2v) is 13.6. The van der Waals surface area contributed by atoms with Gasteiger partial charge < -0.3 is 0 Å². The molecule has 1 saturated carbocycles. The number of carbonyl (C=O) groups is 3. The normalized spacial score (nSPS) is 24.8. The number of benzene rings is 5. The van der Waals surface area contributed by atoms with Gasteiger partial charge in [-0.3, -0.25) is 14.4 Å². The highest BCUT2D eigenvalue weighted by Gasteiger charge is 2.82. The highest BCUT2D eigenvalue weighted by molar-refractivity contribution is 6.42. The molecule has 0 unspecified atom stereocenters. The second kappa shape index (κ2) is 10.6. The molecule has 0 aromatic heterocycles. The Bertz CT molecular complexity index is 2010. The number of imide groups is 1. The van der Waals surface area contributed by atoms with Gasteiger partial charge in [0.25, 0.3) is 0 Å². The van der Waals surface area contributed by atoms with Gasteiger partial charge in [0.05, 0.1) is 33.4 Å². The van der Waals surface area contributed by atoms with E-state index in [9.17, 15) is 0 Å². The van der Waals surface area contributed by atoms with Crippen molar-refractivity contribution >= 4 is 57.6 Å². The number of nitrogens with zero attached hydrogens (tertiary/aromatic N) is 1. The molecule has 2 fully saturated rings. The number of carbonyl (C=O) groups excluding carboxylic acids is 3. The fraction of sp³-hybridized carbons (Fsp3) is 0.146. The third-order valence-corrected chi connectivity index (χ3v) is 10.8. The number of allylic oxidation sites excluding steroid dienone is 2. The number of hydrogen-bond donors (Lipinski definition) is 0. The van der Waals surface area contributed by atoms with Crippen molar-refractivity contribution in [2.24, 2.45) is 11.8 Å². The zero-order chi connectivity index (χ0) is 32.7. The maximum absolute atomic E-state index is 16.0. The van der Waals surface area contributed by atoms with Crippen LogP contribution in [0.5, 0.6) is 0 Å². The van der Waals surface area contributed by atoms with Crippen molar-refractivity contribution in [3.05, 3.63) is 171 Å². The summed E-state index contributed by atoms with van der Waals surface area (Å²) in [6.07, 6.45) is 0. The lowest BCUT2D eigenvalue weighted by Gasteiger charge is -2.39. The molecule has 0 radical (unpaired) electrons. The van der Waals surface area contributed by atoms with Gasteiger partial charge in [0, 0.05) is 5.02 Å². The lowest BCUT2D eigenvalue weighted by Crippen LogP contribution is -2.45. The van der Waals surface area contributed by atoms with Crippen molar-refractivity contribution in [1.29, 1.82) is 0 Å². The van der Waals surface area contributed by atoms with Gasteiger partial charge in [-0.15, -0.1) is 0 Å². The van der Waals surface area contributed by atoms with E-state index < -0.39 is 34.5 Å². The van der Waals surface area contributed by atoms with Gasteiger partial charge in [0.2, 0.25) is 11.8 Å². The zero-order valence-corrected chi connectivity index (χ0v) is 27.2. The standard InChI is InChI=1S/C41H29Cl2NO3/c1-24-13-17-26(18-14-24)33-34(27-19-15-25(2)16-20-27)41(29-11-7-4-8-12-29)36-35(40(33,39(41)47)28-9-5-3-6-10-28)37(45)44(38(36)46)32-22-21-30(42)23-31(32)43/h3-23,35-36H,1-2H3/t35-,36-,40+,41+/m0/s1. The highest BCUT2D eigenvalue weighted by atomic mass is 35.5. The molecule has 47 heavy (non-hydrogen) atoms. The Hall–Kier alpha value is -4.77. The van der Waals surface area contributed by atoms with Crippen LogP contribution in [-0.2, 0) is 25.2 Å². The molecule has 2 bridgehead atoms. The molecule has 6 heteroatoms. The van der Waals surface area contributed by atoms with Gasteiger partial charge in [-0.1, -0.05) is 144 Å². The van der Waals surface area contributed by atoms with Gasteiger partial charge in [0.1, 0.15) is 0 Å². The summed E-state index contributed by atoms with van der Waals surface area (Å²) in [6.45, 7) is 4.04. The lowest BCUT2D eigenvalue weighted by molar-refractivity contribution is -0.130. The number of halogens is 2. The van der Waals surface area contributed by atoms with E-state index in [1.807, 2.05) is 123 Å². The van der Waals surface area contributed by atoms with E-state index in [2.05, 4.69) is 0 Å². The molecule has 1 saturated heterocycles. The fourth-order valence-corrected chi connectivity index (χ4v) is 8.96. The number of Topliss-reactive ketones (excluding diaryl/α,β-unsaturated/α-hetero) is 1. The van der Waals surface area contributed by atoms with Crippen LogP contribution in [0, 0.1) is 25.7 Å². The summed E-state index contributed by atoms with van der Waals surface area (Å²) in [4.78, 5) is 47.3. The zero-order valence-electron chi connectivity index (χ0n) is 25.7. The summed E-state index contributed by atoms with van der Waals surface area (Å²) in [5.74, 6) is -3.12. The molecule has 4 nitrogen and oxygen atoms in total. The van der Waals surface area contributed by atoms with Crippen LogP contribution in [0.25, 0.3) is 11.1 Å². The monoisotopic (exact) mass is 653 g/mol. The second-order valence-electron chi connectivity index (χ2n) is 12.7. The summed E-state index contributed by atoms with van der Waals surface area (Å²) in [7, 11) is 0. The van der Waals surface area contributed by atoms with Crippen LogP contribution in [0.15, 0.2) is 127 Å². The van der Waals surface area contributed by atoms with Crippen LogP contribution in [0.4, 0.5) is 5.69 Å². The molecule has 5 aromatic rings. The summed E-state index contributed by atoms with van der Waals surface area (Å²) in [6, 6.07) is 40.0. The Kier molecular flexibility index (Phi) is 6.70. The van der Waals surface area contributed by atoms with Crippen LogP contribution in [-0.4, -0.2) is 17.6 Å². The largest absolute Gasteiger partial charge is 0.297 e. The molecule has 5 aromatic carbocycles. The molecule has 0 N–H and O–H groups in total. The molecule has 1 heterocycles. The van der Waals surface area contributed by atoms with Crippen molar-refractivity contribution in [2.75, 3.05) is 4.90 Å². The summed E-state index contributed by atoms with van der Waals surface area (Å²) < 4.78 is 0. The minimum absolute atomic E-state index is 0.160. The number of aryl methyl sites for hydroxylation is 2. The molecule has 2 aliphatic carbocycles. The first-order valence-electron chi connectivity index (χ1n) is 15.6. The van der Waals surface area contributed by atoms with Crippen molar-refractivity contribution in [3.63, 3.8) is 0 Å². The number of anilines is 1. The van der Waals surface area contributed by atoms with Crippen LogP contribution in [0.3, 0.4) is 0 Å².